The minimum absolute atomic E-state index is 0.245. The molecule has 2 aromatic carbocycles. The molecule has 188 valence electrons. The third-order valence-electron chi connectivity index (χ3n) is 8.32. The van der Waals surface area contributed by atoms with E-state index in [0.717, 1.165) is 47.5 Å². The van der Waals surface area contributed by atoms with E-state index in [4.69, 9.17) is 9.47 Å². The van der Waals surface area contributed by atoms with Gasteiger partial charge < -0.3 is 9.47 Å². The van der Waals surface area contributed by atoms with E-state index in [2.05, 4.69) is 18.7 Å². The molecular weight excluding hydrogens is 432 g/mol. The molecule has 3 heteroatoms. The van der Waals surface area contributed by atoms with Gasteiger partial charge in [0.2, 0.25) is 0 Å². The number of rotatable bonds is 10. The third kappa shape index (κ3) is 6.99. The predicted molar refractivity (Wildman–Crippen MR) is 143 cm³/mol. The number of carbonyl (C=O) groups excluding carboxylic acids is 1. The summed E-state index contributed by atoms with van der Waals surface area (Å²) in [5.41, 5.74) is 2.82. The number of benzene rings is 2. The monoisotopic (exact) mass is 474 g/mol. The second kappa shape index (κ2) is 13.0. The van der Waals surface area contributed by atoms with Gasteiger partial charge in [-0.05, 0) is 105 Å². The molecule has 2 aromatic rings. The van der Waals surface area contributed by atoms with Crippen molar-refractivity contribution in [1.29, 1.82) is 0 Å². The molecule has 2 aliphatic rings. The van der Waals surface area contributed by atoms with Crippen LogP contribution in [0.5, 0.6) is 5.75 Å². The fourth-order valence-corrected chi connectivity index (χ4v) is 6.33. The summed E-state index contributed by atoms with van der Waals surface area (Å²) in [5, 5.41) is 0. The zero-order chi connectivity index (χ0) is 24.5. The smallest absolute Gasteiger partial charge is 0.338 e. The zero-order valence-corrected chi connectivity index (χ0v) is 21.4. The van der Waals surface area contributed by atoms with Gasteiger partial charge in [0.15, 0.2) is 0 Å². The molecule has 4 rings (SSSR count). The highest BCUT2D eigenvalue weighted by atomic mass is 16.5. The van der Waals surface area contributed by atoms with Crippen LogP contribution >= 0.6 is 0 Å². The predicted octanol–water partition coefficient (Wildman–Crippen LogP) is 8.49. The normalized spacial score (nSPS) is 24.5. The third-order valence-corrected chi connectivity index (χ3v) is 8.32. The molecule has 0 spiro atoms. The molecule has 0 amide bonds. The van der Waals surface area contributed by atoms with Gasteiger partial charge in [0.05, 0.1) is 12.2 Å². The minimum atomic E-state index is -0.245. The first-order valence-corrected chi connectivity index (χ1v) is 13.8. The first-order valence-electron chi connectivity index (χ1n) is 13.8. The van der Waals surface area contributed by atoms with E-state index in [1.54, 1.807) is 0 Å². The van der Waals surface area contributed by atoms with Crippen LogP contribution in [-0.2, 0) is 11.3 Å². The Morgan fingerprint density at radius 1 is 0.943 bits per heavy atom. The van der Waals surface area contributed by atoms with Crippen molar-refractivity contribution in [1.82, 2.24) is 0 Å². The van der Waals surface area contributed by atoms with Crippen molar-refractivity contribution >= 4 is 5.97 Å². The summed E-state index contributed by atoms with van der Waals surface area (Å²) in [5.74, 6) is 3.57. The molecule has 0 bridgehead atoms. The number of hydrogen-bond acceptors (Lipinski definition) is 3. The molecule has 2 aliphatic carbocycles. The SMILES string of the molecule is C=CCCC1CCC(C2CCC(c3ccc(OCC)cc3C(=O)OCc3ccccc3)CC2)CC1. The van der Waals surface area contributed by atoms with E-state index in [9.17, 15) is 4.79 Å². The van der Waals surface area contributed by atoms with Gasteiger partial charge in [-0.25, -0.2) is 4.79 Å². The Balaban J connectivity index is 1.37. The van der Waals surface area contributed by atoms with E-state index >= 15 is 0 Å². The van der Waals surface area contributed by atoms with Crippen LogP contribution in [0.15, 0.2) is 61.2 Å². The highest BCUT2D eigenvalue weighted by Gasteiger charge is 2.32. The first kappa shape index (κ1) is 25.5. The van der Waals surface area contributed by atoms with Crippen LogP contribution in [0.25, 0.3) is 0 Å². The summed E-state index contributed by atoms with van der Waals surface area (Å²) >= 11 is 0. The molecule has 2 fully saturated rings. The quantitative estimate of drug-likeness (QED) is 0.256. The average Bonchev–Trinajstić information content (AvgIpc) is 2.92. The summed E-state index contributed by atoms with van der Waals surface area (Å²) in [4.78, 5) is 13.2. The summed E-state index contributed by atoms with van der Waals surface area (Å²) in [6, 6.07) is 15.9. The lowest BCUT2D eigenvalue weighted by Gasteiger charge is -2.38. The van der Waals surface area contributed by atoms with Crippen LogP contribution in [0.4, 0.5) is 0 Å². The fraction of sp³-hybridized carbons (Fsp3) is 0.531. The van der Waals surface area contributed by atoms with Crippen LogP contribution in [0.1, 0.15) is 98.5 Å². The topological polar surface area (TPSA) is 35.5 Å². The molecule has 2 saturated carbocycles. The highest BCUT2D eigenvalue weighted by Crippen LogP contribution is 2.45. The maximum Gasteiger partial charge on any atom is 0.338 e. The molecule has 0 heterocycles. The lowest BCUT2D eigenvalue weighted by atomic mass is 9.67. The van der Waals surface area contributed by atoms with Crippen molar-refractivity contribution in [3.63, 3.8) is 0 Å². The Labute approximate surface area is 211 Å². The molecule has 0 saturated heterocycles. The summed E-state index contributed by atoms with van der Waals surface area (Å²) in [7, 11) is 0. The number of carbonyl (C=O) groups is 1. The Bertz CT molecular complexity index is 935. The van der Waals surface area contributed by atoms with Gasteiger partial charge in [-0.2, -0.15) is 0 Å². The van der Waals surface area contributed by atoms with Crippen molar-refractivity contribution in [2.75, 3.05) is 6.61 Å². The molecule has 0 unspecified atom stereocenters. The van der Waals surface area contributed by atoms with Gasteiger partial charge >= 0.3 is 5.97 Å². The maximum atomic E-state index is 13.2. The molecule has 0 radical (unpaired) electrons. The molecule has 0 N–H and O–H groups in total. The number of allylic oxidation sites excluding steroid dienone is 1. The summed E-state index contributed by atoms with van der Waals surface area (Å²) in [6.45, 7) is 6.73. The maximum absolute atomic E-state index is 13.2. The van der Waals surface area contributed by atoms with Crippen LogP contribution in [0.3, 0.4) is 0 Å². The van der Waals surface area contributed by atoms with Gasteiger partial charge in [-0.1, -0.05) is 55.3 Å². The largest absolute Gasteiger partial charge is 0.494 e. The van der Waals surface area contributed by atoms with E-state index < -0.39 is 0 Å². The molecule has 0 aromatic heterocycles. The Morgan fingerprint density at radius 2 is 1.63 bits per heavy atom. The Morgan fingerprint density at radius 3 is 2.29 bits per heavy atom. The van der Waals surface area contributed by atoms with Crippen LogP contribution in [0.2, 0.25) is 0 Å². The van der Waals surface area contributed by atoms with Crippen LogP contribution in [-0.4, -0.2) is 12.6 Å². The lowest BCUT2D eigenvalue weighted by Crippen LogP contribution is -2.26. The standard InChI is InChI=1S/C32H42O3/c1-3-5-9-24-12-14-26(15-13-24)27-16-18-28(19-17-27)30-21-20-29(34-4-2)22-31(30)32(33)35-23-25-10-7-6-8-11-25/h3,6-8,10-11,20-22,24,26-28H,1,4-5,9,12-19,23H2,2H3. The van der Waals surface area contributed by atoms with E-state index in [1.165, 1.54) is 51.4 Å². The van der Waals surface area contributed by atoms with Crippen LogP contribution in [0, 0.1) is 17.8 Å². The van der Waals surface area contributed by atoms with Crippen molar-refractivity contribution in [3.8, 4) is 5.75 Å². The highest BCUT2D eigenvalue weighted by molar-refractivity contribution is 5.92. The van der Waals surface area contributed by atoms with Gasteiger partial charge in [0.1, 0.15) is 12.4 Å². The molecule has 0 atom stereocenters. The van der Waals surface area contributed by atoms with Gasteiger partial charge in [-0.15, -0.1) is 6.58 Å². The van der Waals surface area contributed by atoms with Gasteiger partial charge in [0, 0.05) is 0 Å². The van der Waals surface area contributed by atoms with E-state index in [1.807, 2.05) is 49.4 Å². The minimum Gasteiger partial charge on any atom is -0.494 e. The van der Waals surface area contributed by atoms with Crippen molar-refractivity contribution in [2.45, 2.75) is 83.7 Å². The van der Waals surface area contributed by atoms with E-state index in [-0.39, 0.29) is 5.97 Å². The van der Waals surface area contributed by atoms with Gasteiger partial charge in [-0.3, -0.25) is 0 Å². The molecule has 35 heavy (non-hydrogen) atoms. The second-order valence-corrected chi connectivity index (χ2v) is 10.5. The number of hydrogen-bond donors (Lipinski definition) is 0. The number of ether oxygens (including phenoxy) is 2. The van der Waals surface area contributed by atoms with Crippen molar-refractivity contribution < 1.29 is 14.3 Å². The molecular formula is C32H42O3. The van der Waals surface area contributed by atoms with Crippen molar-refractivity contribution in [3.05, 3.63) is 77.9 Å². The van der Waals surface area contributed by atoms with Crippen LogP contribution < -0.4 is 4.74 Å². The summed E-state index contributed by atoms with van der Waals surface area (Å²) in [6.07, 6.45) is 15.0. The average molecular weight is 475 g/mol. The zero-order valence-electron chi connectivity index (χ0n) is 21.4. The summed E-state index contributed by atoms with van der Waals surface area (Å²) < 4.78 is 11.5. The first-order chi connectivity index (χ1) is 17.2. The van der Waals surface area contributed by atoms with Gasteiger partial charge in [0.25, 0.3) is 0 Å². The molecule has 0 aliphatic heterocycles. The Kier molecular flexibility index (Phi) is 9.45. The van der Waals surface area contributed by atoms with E-state index in [0.29, 0.717) is 24.7 Å². The van der Waals surface area contributed by atoms with Crippen molar-refractivity contribution in [2.24, 2.45) is 17.8 Å². The molecule has 3 nitrogen and oxygen atoms in total. The second-order valence-electron chi connectivity index (χ2n) is 10.5. The lowest BCUT2D eigenvalue weighted by molar-refractivity contribution is 0.0469. The number of esters is 1. The fourth-order valence-electron chi connectivity index (χ4n) is 6.33. The Hall–Kier alpha value is -2.55.